The van der Waals surface area contributed by atoms with Gasteiger partial charge >= 0.3 is 23.1 Å². The van der Waals surface area contributed by atoms with Crippen LogP contribution in [0.1, 0.15) is 0 Å². The topological polar surface area (TPSA) is 0 Å². The van der Waals surface area contributed by atoms with Gasteiger partial charge in [-0.1, -0.05) is 11.6 Å². The van der Waals surface area contributed by atoms with E-state index in [9.17, 15) is 39.5 Å². The van der Waals surface area contributed by atoms with Gasteiger partial charge in [-0.2, -0.15) is 30.7 Å². The van der Waals surface area contributed by atoms with Crippen LogP contribution in [0.4, 0.5) is 39.5 Å². The molecule has 0 radical (unpaired) electrons. The fourth-order valence-corrected chi connectivity index (χ4v) is 0.697. The van der Waals surface area contributed by atoms with E-state index < -0.39 is 35.6 Å². The van der Waals surface area contributed by atoms with E-state index in [0.29, 0.717) is 0 Å². The van der Waals surface area contributed by atoms with E-state index in [1.165, 1.54) is 0 Å². The smallest absolute Gasteiger partial charge is 0.216 e. The Morgan fingerprint density at radius 1 is 0.812 bits per heavy atom. The molecule has 16 heavy (non-hydrogen) atoms. The van der Waals surface area contributed by atoms with Crippen LogP contribution in [0.25, 0.3) is 0 Å². The van der Waals surface area contributed by atoms with Crippen molar-refractivity contribution in [1.82, 2.24) is 0 Å². The lowest BCUT2D eigenvalue weighted by atomic mass is 10.1. The highest BCUT2D eigenvalue weighted by atomic mass is 35.5. The van der Waals surface area contributed by atoms with Crippen molar-refractivity contribution in [3.63, 3.8) is 0 Å². The van der Waals surface area contributed by atoms with E-state index in [-0.39, 0.29) is 0 Å². The maximum atomic E-state index is 12.5. The molecule has 1 unspecified atom stereocenters. The Bertz CT molecular complexity index is 276. The largest absolute Gasteiger partial charge is 0.443 e. The van der Waals surface area contributed by atoms with Crippen molar-refractivity contribution in [3.8, 4) is 0 Å². The van der Waals surface area contributed by atoms with Crippen LogP contribution in [0.5, 0.6) is 0 Å². The van der Waals surface area contributed by atoms with Crippen molar-refractivity contribution in [2.75, 3.05) is 0 Å². The zero-order valence-corrected chi connectivity index (χ0v) is 7.69. The summed E-state index contributed by atoms with van der Waals surface area (Å²) in [6, 6.07) is 0. The van der Waals surface area contributed by atoms with E-state index in [4.69, 9.17) is 0 Å². The summed E-state index contributed by atoms with van der Waals surface area (Å²) in [6.07, 6.45) is -8.82. The lowest BCUT2D eigenvalue weighted by Crippen LogP contribution is -2.59. The molecule has 0 nitrogen and oxygen atoms in total. The number of hydrogen-bond acceptors (Lipinski definition) is 0. The number of alkyl halides is 9. The predicted molar refractivity (Wildman–Crippen MR) is 35.9 cm³/mol. The van der Waals surface area contributed by atoms with Gasteiger partial charge in [0.2, 0.25) is 0 Å². The molecule has 10 heteroatoms. The quantitative estimate of drug-likeness (QED) is 0.537. The van der Waals surface area contributed by atoms with Crippen molar-refractivity contribution in [2.24, 2.45) is 0 Å². The third kappa shape index (κ3) is 2.23. The fourth-order valence-electron chi connectivity index (χ4n) is 0.571. The molecule has 0 spiro atoms. The lowest BCUT2D eigenvalue weighted by molar-refractivity contribution is -0.312. The second-order valence-electron chi connectivity index (χ2n) is 2.56. The monoisotopic (exact) mass is 280 g/mol. The van der Waals surface area contributed by atoms with Gasteiger partial charge in [0.1, 0.15) is 0 Å². The van der Waals surface area contributed by atoms with Crippen LogP contribution < -0.4 is 0 Å². The average molecular weight is 281 g/mol. The third-order valence-corrected chi connectivity index (χ3v) is 1.89. The van der Waals surface area contributed by atoms with Gasteiger partial charge in [-0.15, -0.1) is 0 Å². The Labute approximate surface area is 87.7 Å². The highest BCUT2D eigenvalue weighted by Gasteiger charge is 2.79. The first kappa shape index (κ1) is 15.4. The summed E-state index contributed by atoms with van der Waals surface area (Å²) in [5.41, 5.74) is 0. The minimum atomic E-state index is -6.45. The van der Waals surface area contributed by atoms with E-state index >= 15 is 0 Å². The molecule has 0 saturated heterocycles. The summed E-state index contributed by atoms with van der Waals surface area (Å²) in [4.78, 5) is 0. The standard InChI is InChI=1S/C6H2ClF9/c7-4(11,6(14,15)16)5(12,13)3(9,10)1-2-8/h1-2H. The van der Waals surface area contributed by atoms with Crippen LogP contribution in [0, 0.1) is 0 Å². The second kappa shape index (κ2) is 4.01. The summed E-state index contributed by atoms with van der Waals surface area (Å²) >= 11 is 3.75. The molecular weight excluding hydrogens is 279 g/mol. The van der Waals surface area contributed by atoms with E-state index in [0.717, 1.165) is 0 Å². The number of allylic oxidation sites excluding steroid dienone is 1. The first-order valence-electron chi connectivity index (χ1n) is 3.29. The molecule has 0 aromatic rings. The molecule has 0 amide bonds. The molecule has 0 heterocycles. The summed E-state index contributed by atoms with van der Waals surface area (Å²) in [7, 11) is 0. The number of rotatable bonds is 3. The van der Waals surface area contributed by atoms with Crippen molar-refractivity contribution >= 4 is 11.6 Å². The van der Waals surface area contributed by atoms with Crippen LogP contribution in [0.2, 0.25) is 0 Å². The number of halogens is 10. The van der Waals surface area contributed by atoms with Crippen LogP contribution in [-0.2, 0) is 0 Å². The van der Waals surface area contributed by atoms with Crippen molar-refractivity contribution in [2.45, 2.75) is 23.1 Å². The Morgan fingerprint density at radius 2 is 1.19 bits per heavy atom. The van der Waals surface area contributed by atoms with E-state index in [1.54, 1.807) is 0 Å². The summed E-state index contributed by atoms with van der Waals surface area (Å²) in [6.45, 7) is 0. The van der Waals surface area contributed by atoms with Gasteiger partial charge in [-0.25, -0.2) is 8.78 Å². The first-order valence-corrected chi connectivity index (χ1v) is 3.67. The summed E-state index contributed by atoms with van der Waals surface area (Å²) in [5.74, 6) is -12.1. The molecule has 1 atom stereocenters. The van der Waals surface area contributed by atoms with Crippen molar-refractivity contribution < 1.29 is 39.5 Å². The Kier molecular flexibility index (Phi) is 3.86. The van der Waals surface area contributed by atoms with Gasteiger partial charge < -0.3 is 0 Å². The molecule has 0 aromatic heterocycles. The van der Waals surface area contributed by atoms with Gasteiger partial charge in [0.15, 0.2) is 0 Å². The minimum Gasteiger partial charge on any atom is -0.216 e. The third-order valence-electron chi connectivity index (χ3n) is 1.44. The van der Waals surface area contributed by atoms with Crippen LogP contribution in [0.3, 0.4) is 0 Å². The molecule has 0 fully saturated rings. The Morgan fingerprint density at radius 3 is 1.44 bits per heavy atom. The first-order chi connectivity index (χ1) is 6.81. The SMILES string of the molecule is FC=CC(F)(F)C(F)(F)C(F)(Cl)C(F)(F)F. The minimum absolute atomic E-state index is 1.14. The van der Waals surface area contributed by atoms with Gasteiger partial charge in [0.05, 0.1) is 6.33 Å². The summed E-state index contributed by atoms with van der Waals surface area (Å²) < 4.78 is 108. The molecule has 0 bridgehead atoms. The van der Waals surface area contributed by atoms with Crippen LogP contribution in [0.15, 0.2) is 12.4 Å². The van der Waals surface area contributed by atoms with Crippen molar-refractivity contribution in [3.05, 3.63) is 12.4 Å². The van der Waals surface area contributed by atoms with Crippen LogP contribution in [-0.4, -0.2) is 23.1 Å². The van der Waals surface area contributed by atoms with Gasteiger partial charge in [-0.05, 0) is 0 Å². The predicted octanol–water partition coefficient (Wildman–Crippen LogP) is 4.21. The average Bonchev–Trinajstić information content (AvgIpc) is 2.01. The van der Waals surface area contributed by atoms with Gasteiger partial charge in [0, 0.05) is 6.08 Å². The molecule has 96 valence electrons. The highest BCUT2D eigenvalue weighted by molar-refractivity contribution is 6.24. The molecule has 0 aliphatic heterocycles. The van der Waals surface area contributed by atoms with Gasteiger partial charge in [-0.3, -0.25) is 0 Å². The Balaban J connectivity index is 5.52. The van der Waals surface area contributed by atoms with E-state index in [2.05, 4.69) is 11.6 Å². The van der Waals surface area contributed by atoms with Crippen LogP contribution >= 0.6 is 11.6 Å². The molecule has 0 saturated carbocycles. The molecule has 0 N–H and O–H groups in total. The molecule has 0 rings (SSSR count). The molecule has 0 aliphatic carbocycles. The zero-order chi connectivity index (χ0) is 13.4. The molecular formula is C6H2ClF9. The normalized spacial score (nSPS) is 18.9. The van der Waals surface area contributed by atoms with Gasteiger partial charge in [0.25, 0.3) is 0 Å². The Hall–Kier alpha value is -0.600. The maximum absolute atomic E-state index is 12.5. The second-order valence-corrected chi connectivity index (χ2v) is 3.08. The maximum Gasteiger partial charge on any atom is 0.443 e. The molecule has 0 aliphatic rings. The lowest BCUT2D eigenvalue weighted by Gasteiger charge is -2.33. The van der Waals surface area contributed by atoms with E-state index in [1.807, 2.05) is 0 Å². The molecule has 0 aromatic carbocycles. The fraction of sp³-hybridized carbons (Fsp3) is 0.667. The van der Waals surface area contributed by atoms with Crippen molar-refractivity contribution in [1.29, 1.82) is 0 Å². The number of hydrogen-bond donors (Lipinski definition) is 0. The zero-order valence-electron chi connectivity index (χ0n) is 6.93. The highest BCUT2D eigenvalue weighted by Crippen LogP contribution is 2.54. The summed E-state index contributed by atoms with van der Waals surface area (Å²) in [5, 5.41) is -6.01.